The number of rotatable bonds is 5. The molecule has 17 heavy (non-hydrogen) atoms. The van der Waals surface area contributed by atoms with Crippen molar-refractivity contribution >= 4 is 23.2 Å². The summed E-state index contributed by atoms with van der Waals surface area (Å²) in [5.74, 6) is -0.319. The molecule has 1 aromatic carbocycles. The van der Waals surface area contributed by atoms with Crippen LogP contribution in [-0.2, 0) is 4.79 Å². The molecule has 0 radical (unpaired) electrons. The molecular formula is C13H17ClN2O. The Morgan fingerprint density at radius 3 is 2.59 bits per heavy atom. The van der Waals surface area contributed by atoms with E-state index in [9.17, 15) is 4.79 Å². The maximum Gasteiger partial charge on any atom is 0.231 e. The van der Waals surface area contributed by atoms with Crippen LogP contribution in [0.1, 0.15) is 13.3 Å². The van der Waals surface area contributed by atoms with E-state index in [1.165, 1.54) is 0 Å². The number of carbonyl (C=O) groups is 1. The SMILES string of the molecule is C=C(CCN)C(C)C(=O)Nc1ccc(Cl)cc1. The smallest absolute Gasteiger partial charge is 0.231 e. The van der Waals surface area contributed by atoms with E-state index in [2.05, 4.69) is 11.9 Å². The van der Waals surface area contributed by atoms with Gasteiger partial charge in [0.05, 0.1) is 5.92 Å². The zero-order valence-electron chi connectivity index (χ0n) is 9.87. The number of carbonyl (C=O) groups excluding carboxylic acids is 1. The van der Waals surface area contributed by atoms with E-state index in [4.69, 9.17) is 17.3 Å². The molecule has 1 rings (SSSR count). The number of hydrogen-bond acceptors (Lipinski definition) is 2. The normalized spacial score (nSPS) is 11.9. The molecule has 0 aromatic heterocycles. The molecule has 0 fully saturated rings. The summed E-state index contributed by atoms with van der Waals surface area (Å²) in [7, 11) is 0. The molecular weight excluding hydrogens is 236 g/mol. The van der Waals surface area contributed by atoms with E-state index < -0.39 is 0 Å². The van der Waals surface area contributed by atoms with Gasteiger partial charge in [-0.05, 0) is 44.2 Å². The molecule has 0 saturated heterocycles. The van der Waals surface area contributed by atoms with E-state index >= 15 is 0 Å². The summed E-state index contributed by atoms with van der Waals surface area (Å²) in [6.07, 6.45) is 0.662. The predicted octanol–water partition coefficient (Wildman–Crippen LogP) is 2.82. The molecule has 1 unspecified atom stereocenters. The number of nitrogens with two attached hydrogens (primary N) is 1. The minimum Gasteiger partial charge on any atom is -0.330 e. The molecule has 1 atom stereocenters. The summed E-state index contributed by atoms with van der Waals surface area (Å²) in [6.45, 7) is 6.19. The fourth-order valence-electron chi connectivity index (χ4n) is 1.37. The van der Waals surface area contributed by atoms with Crippen LogP contribution in [0.2, 0.25) is 5.02 Å². The topological polar surface area (TPSA) is 55.1 Å². The van der Waals surface area contributed by atoms with Gasteiger partial charge in [0, 0.05) is 10.7 Å². The fourth-order valence-corrected chi connectivity index (χ4v) is 1.50. The van der Waals surface area contributed by atoms with Crippen LogP contribution in [0.25, 0.3) is 0 Å². The van der Waals surface area contributed by atoms with Crippen molar-refractivity contribution in [3.63, 3.8) is 0 Å². The molecule has 0 bridgehead atoms. The van der Waals surface area contributed by atoms with Crippen molar-refractivity contribution in [3.05, 3.63) is 41.4 Å². The average molecular weight is 253 g/mol. The second kappa shape index (κ2) is 6.42. The predicted molar refractivity (Wildman–Crippen MR) is 72.1 cm³/mol. The van der Waals surface area contributed by atoms with Crippen LogP contribution >= 0.6 is 11.6 Å². The average Bonchev–Trinajstić information content (AvgIpc) is 2.31. The summed E-state index contributed by atoms with van der Waals surface area (Å²) >= 11 is 5.76. The zero-order chi connectivity index (χ0) is 12.8. The highest BCUT2D eigenvalue weighted by Gasteiger charge is 2.15. The van der Waals surface area contributed by atoms with Crippen molar-refractivity contribution in [1.82, 2.24) is 0 Å². The molecule has 4 heteroatoms. The minimum absolute atomic E-state index is 0.0780. The lowest BCUT2D eigenvalue weighted by Crippen LogP contribution is -2.22. The maximum absolute atomic E-state index is 11.9. The first kappa shape index (κ1) is 13.7. The van der Waals surface area contributed by atoms with Gasteiger partial charge in [-0.15, -0.1) is 0 Å². The van der Waals surface area contributed by atoms with Crippen molar-refractivity contribution in [1.29, 1.82) is 0 Å². The largest absolute Gasteiger partial charge is 0.330 e. The van der Waals surface area contributed by atoms with E-state index in [1.54, 1.807) is 24.3 Å². The fraction of sp³-hybridized carbons (Fsp3) is 0.308. The number of nitrogens with one attached hydrogen (secondary N) is 1. The third-order valence-electron chi connectivity index (χ3n) is 2.58. The molecule has 0 aliphatic rings. The summed E-state index contributed by atoms with van der Waals surface area (Å²) < 4.78 is 0. The van der Waals surface area contributed by atoms with Crippen LogP contribution in [0, 0.1) is 5.92 Å². The molecule has 0 spiro atoms. The molecule has 3 nitrogen and oxygen atoms in total. The van der Waals surface area contributed by atoms with E-state index in [0.29, 0.717) is 18.0 Å². The Bertz CT molecular complexity index is 400. The second-order valence-electron chi connectivity index (χ2n) is 3.91. The van der Waals surface area contributed by atoms with E-state index in [1.807, 2.05) is 6.92 Å². The van der Waals surface area contributed by atoms with Crippen molar-refractivity contribution in [2.24, 2.45) is 11.7 Å². The number of amides is 1. The highest BCUT2D eigenvalue weighted by atomic mass is 35.5. The van der Waals surface area contributed by atoms with Crippen LogP contribution in [-0.4, -0.2) is 12.5 Å². The van der Waals surface area contributed by atoms with Crippen molar-refractivity contribution in [2.45, 2.75) is 13.3 Å². The Morgan fingerprint density at radius 1 is 1.47 bits per heavy atom. The molecule has 0 saturated carbocycles. The van der Waals surface area contributed by atoms with E-state index in [-0.39, 0.29) is 11.8 Å². The number of benzene rings is 1. The molecule has 1 amide bonds. The second-order valence-corrected chi connectivity index (χ2v) is 4.35. The lowest BCUT2D eigenvalue weighted by Gasteiger charge is -2.14. The first-order valence-electron chi connectivity index (χ1n) is 5.48. The Hall–Kier alpha value is -1.32. The van der Waals surface area contributed by atoms with Crippen LogP contribution in [0.4, 0.5) is 5.69 Å². The standard InChI is InChI=1S/C13H17ClN2O/c1-9(7-8-15)10(2)13(17)16-12-5-3-11(14)4-6-12/h3-6,10H,1,7-8,15H2,2H3,(H,16,17). The number of hydrogen-bond donors (Lipinski definition) is 2. The Kier molecular flexibility index (Phi) is 5.19. The van der Waals surface area contributed by atoms with Gasteiger partial charge in [-0.2, -0.15) is 0 Å². The molecule has 92 valence electrons. The lowest BCUT2D eigenvalue weighted by atomic mass is 9.99. The van der Waals surface area contributed by atoms with Gasteiger partial charge in [0.25, 0.3) is 0 Å². The van der Waals surface area contributed by atoms with Gasteiger partial charge < -0.3 is 11.1 Å². The van der Waals surface area contributed by atoms with Gasteiger partial charge in [0.2, 0.25) is 5.91 Å². The quantitative estimate of drug-likeness (QED) is 0.792. The number of halogens is 1. The summed E-state index contributed by atoms with van der Waals surface area (Å²) in [6, 6.07) is 6.99. The summed E-state index contributed by atoms with van der Waals surface area (Å²) in [5, 5.41) is 3.45. The maximum atomic E-state index is 11.9. The molecule has 0 aliphatic carbocycles. The van der Waals surface area contributed by atoms with Crippen LogP contribution < -0.4 is 11.1 Å². The zero-order valence-corrected chi connectivity index (χ0v) is 10.6. The van der Waals surface area contributed by atoms with Gasteiger partial charge in [0.1, 0.15) is 0 Å². The third kappa shape index (κ3) is 4.21. The first-order valence-corrected chi connectivity index (χ1v) is 5.86. The monoisotopic (exact) mass is 252 g/mol. The first-order chi connectivity index (χ1) is 8.04. The Labute approximate surface area is 107 Å². The van der Waals surface area contributed by atoms with Crippen molar-refractivity contribution in [3.8, 4) is 0 Å². The summed E-state index contributed by atoms with van der Waals surface area (Å²) in [4.78, 5) is 11.9. The van der Waals surface area contributed by atoms with E-state index in [0.717, 1.165) is 11.3 Å². The third-order valence-corrected chi connectivity index (χ3v) is 2.83. The van der Waals surface area contributed by atoms with Gasteiger partial charge in [-0.1, -0.05) is 23.8 Å². The van der Waals surface area contributed by atoms with Crippen molar-refractivity contribution in [2.75, 3.05) is 11.9 Å². The van der Waals surface area contributed by atoms with Crippen LogP contribution in [0.15, 0.2) is 36.4 Å². The Morgan fingerprint density at radius 2 is 2.06 bits per heavy atom. The van der Waals surface area contributed by atoms with Gasteiger partial charge in [-0.3, -0.25) is 4.79 Å². The molecule has 0 heterocycles. The minimum atomic E-state index is -0.241. The van der Waals surface area contributed by atoms with Gasteiger partial charge in [0.15, 0.2) is 0 Å². The van der Waals surface area contributed by atoms with Crippen LogP contribution in [0.3, 0.4) is 0 Å². The van der Waals surface area contributed by atoms with Gasteiger partial charge >= 0.3 is 0 Å². The Balaban J connectivity index is 2.59. The molecule has 1 aromatic rings. The lowest BCUT2D eigenvalue weighted by molar-refractivity contribution is -0.118. The number of anilines is 1. The molecule has 0 aliphatic heterocycles. The summed E-state index contributed by atoms with van der Waals surface area (Å²) in [5.41, 5.74) is 7.00. The highest BCUT2D eigenvalue weighted by Crippen LogP contribution is 2.17. The highest BCUT2D eigenvalue weighted by molar-refractivity contribution is 6.30. The van der Waals surface area contributed by atoms with Crippen LogP contribution in [0.5, 0.6) is 0 Å². The van der Waals surface area contributed by atoms with Gasteiger partial charge in [-0.25, -0.2) is 0 Å². The van der Waals surface area contributed by atoms with Crippen molar-refractivity contribution < 1.29 is 4.79 Å². The molecule has 3 N–H and O–H groups in total.